The predicted molar refractivity (Wildman–Crippen MR) is 104 cm³/mol. The van der Waals surface area contributed by atoms with Gasteiger partial charge in [0.1, 0.15) is 11.6 Å². The Morgan fingerprint density at radius 3 is 2.27 bits per heavy atom. The van der Waals surface area contributed by atoms with Gasteiger partial charge in [-0.1, -0.05) is 38.0 Å². The molecule has 2 nitrogen and oxygen atoms in total. The van der Waals surface area contributed by atoms with Crippen LogP contribution < -0.4 is 0 Å². The van der Waals surface area contributed by atoms with Crippen LogP contribution in [0.2, 0.25) is 0 Å². The molecule has 0 saturated carbocycles. The maximum absolute atomic E-state index is 14.5. The summed E-state index contributed by atoms with van der Waals surface area (Å²) in [6, 6.07) is 6.86. The van der Waals surface area contributed by atoms with Gasteiger partial charge in [0.25, 0.3) is 0 Å². The molecule has 3 rings (SSSR count). The molecule has 0 radical (unpaired) electrons. The van der Waals surface area contributed by atoms with Gasteiger partial charge in [0, 0.05) is 17.9 Å². The zero-order chi connectivity index (χ0) is 21.7. The third kappa shape index (κ3) is 5.79. The summed E-state index contributed by atoms with van der Waals surface area (Å²) in [5.41, 5.74) is -0.548. The summed E-state index contributed by atoms with van der Waals surface area (Å²) in [4.78, 5) is 0. The fourth-order valence-corrected chi connectivity index (χ4v) is 3.55. The Kier molecular flexibility index (Phi) is 7.47. The highest BCUT2D eigenvalue weighted by atomic mass is 19.4. The summed E-state index contributed by atoms with van der Waals surface area (Å²) in [6.45, 7) is 3.47. The minimum Gasteiger partial charge on any atom is -0.352 e. The average Bonchev–Trinajstić information content (AvgIpc) is 2.70. The van der Waals surface area contributed by atoms with Crippen LogP contribution in [0, 0.1) is 17.6 Å². The molecule has 1 fully saturated rings. The van der Waals surface area contributed by atoms with Gasteiger partial charge in [-0.25, -0.2) is 8.78 Å². The molecule has 1 heterocycles. The number of rotatable bonds is 7. The lowest BCUT2D eigenvalue weighted by molar-refractivity contribution is -0.203. The molecule has 1 aliphatic heterocycles. The molecule has 0 atom stereocenters. The molecule has 0 unspecified atom stereocenters. The van der Waals surface area contributed by atoms with Crippen LogP contribution in [-0.4, -0.2) is 19.5 Å². The molecule has 7 heteroatoms. The second-order valence-corrected chi connectivity index (χ2v) is 7.65. The molecule has 0 N–H and O–H groups in total. The van der Waals surface area contributed by atoms with Gasteiger partial charge in [-0.3, -0.25) is 0 Å². The molecule has 2 aromatic rings. The Labute approximate surface area is 173 Å². The number of hydrogen-bond donors (Lipinski definition) is 0. The van der Waals surface area contributed by atoms with Gasteiger partial charge in [0.2, 0.25) is 0 Å². The number of ether oxygens (including phenoxy) is 2. The first kappa shape index (κ1) is 22.7. The highest BCUT2D eigenvalue weighted by molar-refractivity contribution is 5.65. The van der Waals surface area contributed by atoms with Crippen LogP contribution in [0.1, 0.15) is 43.7 Å². The number of alkyl halides is 3. The Bertz CT molecular complexity index is 842. The van der Waals surface area contributed by atoms with Crippen molar-refractivity contribution >= 4 is 0 Å². The zero-order valence-electron chi connectivity index (χ0n) is 16.8. The number of halogens is 5. The third-order valence-electron chi connectivity index (χ3n) is 5.29. The van der Waals surface area contributed by atoms with E-state index in [1.54, 1.807) is 6.07 Å². The number of hydrogen-bond acceptors (Lipinski definition) is 2. The summed E-state index contributed by atoms with van der Waals surface area (Å²) >= 11 is 0. The predicted octanol–water partition coefficient (Wildman–Crippen LogP) is 6.76. The van der Waals surface area contributed by atoms with Crippen molar-refractivity contribution in [3.05, 3.63) is 59.2 Å². The first-order valence-corrected chi connectivity index (χ1v) is 10.2. The van der Waals surface area contributed by atoms with Gasteiger partial charge < -0.3 is 9.47 Å². The highest BCUT2D eigenvalue weighted by Gasteiger charge is 2.34. The molecule has 0 spiro atoms. The molecule has 30 heavy (non-hydrogen) atoms. The van der Waals surface area contributed by atoms with Crippen molar-refractivity contribution in [2.75, 3.05) is 13.2 Å². The van der Waals surface area contributed by atoms with Crippen LogP contribution in [0.4, 0.5) is 22.0 Å². The molecule has 1 aliphatic rings. The summed E-state index contributed by atoms with van der Waals surface area (Å²) in [6.07, 6.45) is -0.631. The van der Waals surface area contributed by atoms with E-state index in [9.17, 15) is 22.0 Å². The Balaban J connectivity index is 1.59. The van der Waals surface area contributed by atoms with Crippen LogP contribution in [0.3, 0.4) is 0 Å². The topological polar surface area (TPSA) is 18.5 Å². The van der Waals surface area contributed by atoms with E-state index in [1.165, 1.54) is 12.1 Å². The summed E-state index contributed by atoms with van der Waals surface area (Å²) < 4.78 is 77.9. The highest BCUT2D eigenvalue weighted by Crippen LogP contribution is 2.34. The van der Waals surface area contributed by atoms with Crippen LogP contribution in [0.25, 0.3) is 11.1 Å². The number of aryl methyl sites for hydroxylation is 1. The molecule has 164 valence electrons. The van der Waals surface area contributed by atoms with Crippen molar-refractivity contribution in [3.63, 3.8) is 0 Å². The van der Waals surface area contributed by atoms with Crippen LogP contribution in [0.15, 0.2) is 36.4 Å². The minimum absolute atomic E-state index is 0.0512. The van der Waals surface area contributed by atoms with E-state index >= 15 is 0 Å². The molecule has 0 bridgehead atoms. The Hall–Kier alpha value is -1.99. The van der Waals surface area contributed by atoms with Gasteiger partial charge in [-0.2, -0.15) is 13.2 Å². The van der Waals surface area contributed by atoms with Crippen molar-refractivity contribution in [2.45, 2.75) is 51.5 Å². The standard InChI is InChI=1S/C23H25F5O2/c1-2-3-4-16-13-29-22(30-14-16)10-6-15-5-8-18(20(24)11-15)17-7-9-19(21(25)12-17)23(26,27)28/h5,7-9,11-12,16,22H,2-4,6,10,13-14H2,1H3. The lowest BCUT2D eigenvalue weighted by atomic mass is 9.99. The van der Waals surface area contributed by atoms with Gasteiger partial charge in [0.05, 0.1) is 18.8 Å². The number of benzene rings is 2. The minimum atomic E-state index is -4.79. The maximum Gasteiger partial charge on any atom is 0.419 e. The normalized spacial score (nSPS) is 19.8. The summed E-state index contributed by atoms with van der Waals surface area (Å²) in [7, 11) is 0. The van der Waals surface area contributed by atoms with Crippen LogP contribution in [0.5, 0.6) is 0 Å². The van der Waals surface area contributed by atoms with E-state index in [2.05, 4.69) is 6.92 Å². The summed E-state index contributed by atoms with van der Waals surface area (Å²) in [5, 5.41) is 0. The summed E-state index contributed by atoms with van der Waals surface area (Å²) in [5.74, 6) is -1.62. The lowest BCUT2D eigenvalue weighted by Crippen LogP contribution is -2.32. The largest absolute Gasteiger partial charge is 0.419 e. The molecule has 2 aromatic carbocycles. The fraction of sp³-hybridized carbons (Fsp3) is 0.478. The lowest BCUT2D eigenvalue weighted by Gasteiger charge is -2.29. The molecule has 0 aliphatic carbocycles. The Morgan fingerprint density at radius 1 is 0.933 bits per heavy atom. The van der Waals surface area contributed by atoms with Crippen molar-refractivity contribution < 1.29 is 31.4 Å². The molecule has 1 saturated heterocycles. The van der Waals surface area contributed by atoms with Crippen molar-refractivity contribution in [3.8, 4) is 11.1 Å². The average molecular weight is 428 g/mol. The SMILES string of the molecule is CCCCC1COC(CCc2ccc(-c3ccc(C(F)(F)F)c(F)c3)c(F)c2)OC1. The second-order valence-electron chi connectivity index (χ2n) is 7.65. The van der Waals surface area contributed by atoms with E-state index in [4.69, 9.17) is 9.47 Å². The molecule has 0 amide bonds. The number of unbranched alkanes of at least 4 members (excludes halogenated alkanes) is 1. The molecule has 0 aromatic heterocycles. The third-order valence-corrected chi connectivity index (χ3v) is 5.29. The fourth-order valence-electron chi connectivity index (χ4n) is 3.55. The van der Waals surface area contributed by atoms with E-state index in [0.29, 0.717) is 49.7 Å². The molecular formula is C23H25F5O2. The van der Waals surface area contributed by atoms with Crippen LogP contribution >= 0.6 is 0 Å². The smallest absolute Gasteiger partial charge is 0.352 e. The van der Waals surface area contributed by atoms with E-state index in [1.807, 2.05) is 0 Å². The van der Waals surface area contributed by atoms with Crippen LogP contribution in [-0.2, 0) is 22.1 Å². The Morgan fingerprint density at radius 2 is 1.67 bits per heavy atom. The quantitative estimate of drug-likeness (QED) is 0.454. The first-order chi connectivity index (χ1) is 14.3. The van der Waals surface area contributed by atoms with Gasteiger partial charge in [-0.05, 0) is 42.2 Å². The maximum atomic E-state index is 14.5. The van der Waals surface area contributed by atoms with Gasteiger partial charge >= 0.3 is 6.18 Å². The monoisotopic (exact) mass is 428 g/mol. The van der Waals surface area contributed by atoms with Crippen molar-refractivity contribution in [1.82, 2.24) is 0 Å². The van der Waals surface area contributed by atoms with Gasteiger partial charge in [-0.15, -0.1) is 0 Å². The van der Waals surface area contributed by atoms with Crippen molar-refractivity contribution in [2.24, 2.45) is 5.92 Å². The zero-order valence-corrected chi connectivity index (χ0v) is 16.8. The molecular weight excluding hydrogens is 403 g/mol. The van der Waals surface area contributed by atoms with E-state index in [0.717, 1.165) is 25.3 Å². The van der Waals surface area contributed by atoms with Gasteiger partial charge in [0.15, 0.2) is 6.29 Å². The first-order valence-electron chi connectivity index (χ1n) is 10.2. The van der Waals surface area contributed by atoms with E-state index < -0.39 is 23.4 Å². The second kappa shape index (κ2) is 9.88. The van der Waals surface area contributed by atoms with Crippen molar-refractivity contribution in [1.29, 1.82) is 0 Å². The van der Waals surface area contributed by atoms with E-state index in [-0.39, 0.29) is 17.4 Å².